The van der Waals surface area contributed by atoms with Gasteiger partial charge in [0.1, 0.15) is 0 Å². The van der Waals surface area contributed by atoms with Gasteiger partial charge in [-0.05, 0) is 64.3 Å². The van der Waals surface area contributed by atoms with Crippen molar-refractivity contribution in [2.75, 3.05) is 6.54 Å². The van der Waals surface area contributed by atoms with Gasteiger partial charge in [-0.15, -0.1) is 0 Å². The van der Waals surface area contributed by atoms with Crippen LogP contribution in [0.2, 0.25) is 15.1 Å². The van der Waals surface area contributed by atoms with Gasteiger partial charge in [-0.25, -0.2) is 0 Å². The van der Waals surface area contributed by atoms with Crippen LogP contribution in [-0.2, 0) is 6.42 Å². The second-order valence-electron chi connectivity index (χ2n) is 4.72. The van der Waals surface area contributed by atoms with Gasteiger partial charge in [0.25, 0.3) is 0 Å². The minimum Gasteiger partial charge on any atom is -0.310 e. The van der Waals surface area contributed by atoms with Gasteiger partial charge in [0.2, 0.25) is 0 Å². The van der Waals surface area contributed by atoms with Crippen molar-refractivity contribution >= 4 is 50.7 Å². The molecule has 0 aliphatic heterocycles. The summed E-state index contributed by atoms with van der Waals surface area (Å²) in [5, 5.41) is 5.51. The van der Waals surface area contributed by atoms with Gasteiger partial charge in [0.15, 0.2) is 0 Å². The molecule has 0 saturated carbocycles. The topological polar surface area (TPSA) is 12.0 Å². The van der Waals surface area contributed by atoms with Crippen LogP contribution < -0.4 is 5.32 Å². The largest absolute Gasteiger partial charge is 0.310 e. The predicted molar refractivity (Wildman–Crippen MR) is 95.7 cm³/mol. The molecule has 0 spiro atoms. The SMILES string of the molecule is CCNC(Cc1ccc(Cl)cc1Cl)c1ccc(Br)c(Cl)c1. The highest BCUT2D eigenvalue weighted by Crippen LogP contribution is 2.30. The highest BCUT2D eigenvalue weighted by atomic mass is 79.9. The molecule has 0 radical (unpaired) electrons. The quantitative estimate of drug-likeness (QED) is 0.613. The van der Waals surface area contributed by atoms with Gasteiger partial charge in [-0.1, -0.05) is 53.9 Å². The van der Waals surface area contributed by atoms with E-state index in [1.54, 1.807) is 6.07 Å². The Hall–Kier alpha value is -0.250. The number of hydrogen-bond acceptors (Lipinski definition) is 1. The van der Waals surface area contributed by atoms with Gasteiger partial charge in [-0.2, -0.15) is 0 Å². The molecule has 0 bridgehead atoms. The van der Waals surface area contributed by atoms with Gasteiger partial charge in [-0.3, -0.25) is 0 Å². The van der Waals surface area contributed by atoms with Gasteiger partial charge < -0.3 is 5.32 Å². The lowest BCUT2D eigenvalue weighted by atomic mass is 9.99. The maximum absolute atomic E-state index is 6.27. The Labute approximate surface area is 148 Å². The molecule has 1 atom stereocenters. The van der Waals surface area contributed by atoms with Gasteiger partial charge in [0, 0.05) is 20.6 Å². The average molecular weight is 408 g/mol. The van der Waals surface area contributed by atoms with Crippen molar-refractivity contribution in [3.63, 3.8) is 0 Å². The molecular weight excluding hydrogens is 392 g/mol. The van der Waals surface area contributed by atoms with Crippen molar-refractivity contribution in [2.45, 2.75) is 19.4 Å². The molecule has 0 saturated heterocycles. The minimum atomic E-state index is 0.152. The zero-order chi connectivity index (χ0) is 15.4. The molecule has 2 aromatic rings. The number of rotatable bonds is 5. The lowest BCUT2D eigenvalue weighted by Crippen LogP contribution is -2.23. The maximum Gasteiger partial charge on any atom is 0.0551 e. The van der Waals surface area contributed by atoms with Crippen molar-refractivity contribution < 1.29 is 0 Å². The number of likely N-dealkylation sites (N-methyl/N-ethyl adjacent to an activating group) is 1. The summed E-state index contributed by atoms with van der Waals surface area (Å²) >= 11 is 21.8. The Morgan fingerprint density at radius 1 is 1.05 bits per heavy atom. The number of benzene rings is 2. The van der Waals surface area contributed by atoms with Crippen molar-refractivity contribution in [2.24, 2.45) is 0 Å². The van der Waals surface area contributed by atoms with E-state index in [9.17, 15) is 0 Å². The molecule has 0 heterocycles. The number of nitrogens with one attached hydrogen (secondary N) is 1. The van der Waals surface area contributed by atoms with E-state index in [0.29, 0.717) is 15.1 Å². The molecule has 21 heavy (non-hydrogen) atoms. The summed E-state index contributed by atoms with van der Waals surface area (Å²) in [6.07, 6.45) is 0.780. The Bertz CT molecular complexity index is 631. The van der Waals surface area contributed by atoms with Gasteiger partial charge in [0.05, 0.1) is 5.02 Å². The van der Waals surface area contributed by atoms with Crippen LogP contribution in [0.1, 0.15) is 24.1 Å². The zero-order valence-electron chi connectivity index (χ0n) is 11.5. The van der Waals surface area contributed by atoms with Crippen molar-refractivity contribution in [3.8, 4) is 0 Å². The first-order chi connectivity index (χ1) is 10.0. The predicted octanol–water partition coefficient (Wildman–Crippen LogP) is 6.30. The molecule has 0 aliphatic carbocycles. The van der Waals surface area contributed by atoms with Crippen LogP contribution >= 0.6 is 50.7 Å². The third kappa shape index (κ3) is 4.61. The highest BCUT2D eigenvalue weighted by molar-refractivity contribution is 9.10. The van der Waals surface area contributed by atoms with Crippen LogP contribution in [0, 0.1) is 0 Å². The summed E-state index contributed by atoms with van der Waals surface area (Å²) < 4.78 is 0.896. The van der Waals surface area contributed by atoms with Crippen molar-refractivity contribution in [1.82, 2.24) is 5.32 Å². The minimum absolute atomic E-state index is 0.152. The summed E-state index contributed by atoms with van der Waals surface area (Å²) in [4.78, 5) is 0. The molecule has 0 aliphatic rings. The lowest BCUT2D eigenvalue weighted by Gasteiger charge is -2.20. The average Bonchev–Trinajstić information content (AvgIpc) is 2.44. The molecule has 1 N–H and O–H groups in total. The van der Waals surface area contributed by atoms with E-state index in [1.807, 2.05) is 24.3 Å². The Kier molecular flexibility index (Phi) is 6.39. The zero-order valence-corrected chi connectivity index (χ0v) is 15.3. The van der Waals surface area contributed by atoms with Crippen molar-refractivity contribution in [1.29, 1.82) is 0 Å². The molecular formula is C16H15BrCl3N. The molecule has 1 unspecified atom stereocenters. The van der Waals surface area contributed by atoms with E-state index in [2.05, 4.69) is 34.2 Å². The van der Waals surface area contributed by atoms with Crippen LogP contribution in [0.4, 0.5) is 0 Å². The van der Waals surface area contributed by atoms with Crippen LogP contribution in [0.3, 0.4) is 0 Å². The summed E-state index contributed by atoms with van der Waals surface area (Å²) in [5.74, 6) is 0. The first-order valence-electron chi connectivity index (χ1n) is 6.63. The van der Waals surface area contributed by atoms with Crippen LogP contribution in [0.15, 0.2) is 40.9 Å². The van der Waals surface area contributed by atoms with Crippen LogP contribution in [0.5, 0.6) is 0 Å². The second kappa shape index (κ2) is 7.85. The normalized spacial score (nSPS) is 12.4. The summed E-state index contributed by atoms with van der Waals surface area (Å²) in [6.45, 7) is 2.94. The van der Waals surface area contributed by atoms with Crippen molar-refractivity contribution in [3.05, 3.63) is 67.1 Å². The van der Waals surface area contributed by atoms with E-state index < -0.39 is 0 Å². The summed E-state index contributed by atoms with van der Waals surface area (Å²) in [7, 11) is 0. The Balaban J connectivity index is 2.28. The molecule has 2 rings (SSSR count). The lowest BCUT2D eigenvalue weighted by molar-refractivity contribution is 0.550. The molecule has 5 heteroatoms. The molecule has 2 aromatic carbocycles. The first-order valence-corrected chi connectivity index (χ1v) is 8.56. The summed E-state index contributed by atoms with van der Waals surface area (Å²) in [6, 6.07) is 11.8. The molecule has 0 amide bonds. The van der Waals surface area contributed by atoms with E-state index >= 15 is 0 Å². The van der Waals surface area contributed by atoms with E-state index in [0.717, 1.165) is 28.6 Å². The molecule has 112 valence electrons. The third-order valence-corrected chi connectivity index (χ3v) is 5.06. The van der Waals surface area contributed by atoms with E-state index in [4.69, 9.17) is 34.8 Å². The fourth-order valence-electron chi connectivity index (χ4n) is 2.19. The highest BCUT2D eigenvalue weighted by Gasteiger charge is 2.14. The fraction of sp³-hybridized carbons (Fsp3) is 0.250. The molecule has 1 nitrogen and oxygen atoms in total. The summed E-state index contributed by atoms with van der Waals surface area (Å²) in [5.41, 5.74) is 2.20. The van der Waals surface area contributed by atoms with E-state index in [1.165, 1.54) is 0 Å². The monoisotopic (exact) mass is 405 g/mol. The maximum atomic E-state index is 6.27. The number of hydrogen-bond donors (Lipinski definition) is 1. The Morgan fingerprint density at radius 3 is 2.43 bits per heavy atom. The molecule has 0 fully saturated rings. The Morgan fingerprint density at radius 2 is 1.81 bits per heavy atom. The van der Waals surface area contributed by atoms with Crippen LogP contribution in [0.25, 0.3) is 0 Å². The second-order valence-corrected chi connectivity index (χ2v) is 6.83. The third-order valence-electron chi connectivity index (χ3n) is 3.24. The van der Waals surface area contributed by atoms with E-state index in [-0.39, 0.29) is 6.04 Å². The molecule has 0 aromatic heterocycles. The fourth-order valence-corrected chi connectivity index (χ4v) is 3.11. The smallest absolute Gasteiger partial charge is 0.0551 e. The number of halogens is 4. The standard InChI is InChI=1S/C16H15BrCl3N/c1-2-21-16(11-4-6-13(17)15(20)7-11)8-10-3-5-12(18)9-14(10)19/h3-7,9,16,21H,2,8H2,1H3. The first kappa shape index (κ1) is 17.1. The van der Waals surface area contributed by atoms with Crippen LogP contribution in [-0.4, -0.2) is 6.54 Å². The van der Waals surface area contributed by atoms with Gasteiger partial charge >= 0.3 is 0 Å².